The SMILES string of the molecule is NS(=O)(=O)OC[C@H]1O[C@@H](c2cnn3c(NCc4ccc(Cl)cc4)ncnc23)[C@H](O)[C@@H]1O. The van der Waals surface area contributed by atoms with E-state index < -0.39 is 41.3 Å². The number of aromatic nitrogens is 4. The molecule has 31 heavy (non-hydrogen) atoms. The Morgan fingerprint density at radius 3 is 2.68 bits per heavy atom. The van der Waals surface area contributed by atoms with Gasteiger partial charge in [-0.25, -0.2) is 15.1 Å². The molecule has 3 heterocycles. The maximum absolute atomic E-state index is 11.0. The highest BCUT2D eigenvalue weighted by Crippen LogP contribution is 2.35. The minimum absolute atomic E-state index is 0.345. The lowest BCUT2D eigenvalue weighted by molar-refractivity contribution is -0.0153. The van der Waals surface area contributed by atoms with E-state index >= 15 is 0 Å². The number of nitrogens with one attached hydrogen (secondary N) is 1. The van der Waals surface area contributed by atoms with Crippen LogP contribution in [0.4, 0.5) is 5.95 Å². The second-order valence-electron chi connectivity index (χ2n) is 6.87. The van der Waals surface area contributed by atoms with Crippen molar-refractivity contribution in [2.45, 2.75) is 31.0 Å². The van der Waals surface area contributed by atoms with Crippen LogP contribution in [0.2, 0.25) is 5.02 Å². The standard InChI is InChI=1S/C17H19ClN6O6S/c18-10-3-1-9(2-4-10)5-20-17-22-8-21-16-11(6-23-24(16)17)15-14(26)13(25)12(30-15)7-29-31(19,27)28/h1-4,6,8,12-15,25-26H,5,7H2,(H2,19,27,28)(H,20,21,22)/t12-,13-,14-,15+/m1/s1. The van der Waals surface area contributed by atoms with Gasteiger partial charge in [-0.1, -0.05) is 23.7 Å². The number of hydrogen-bond acceptors (Lipinski definition) is 10. The van der Waals surface area contributed by atoms with Crippen molar-refractivity contribution >= 4 is 33.5 Å². The summed E-state index contributed by atoms with van der Waals surface area (Å²) >= 11 is 5.90. The number of anilines is 1. The number of aliphatic hydroxyl groups is 2. The molecule has 2 aromatic heterocycles. The lowest BCUT2D eigenvalue weighted by atomic mass is 10.0. The van der Waals surface area contributed by atoms with Crippen molar-refractivity contribution in [3.05, 3.63) is 52.9 Å². The Labute approximate surface area is 181 Å². The van der Waals surface area contributed by atoms with Gasteiger partial charge in [0.2, 0.25) is 5.95 Å². The third-order valence-corrected chi connectivity index (χ3v) is 5.48. The normalized spacial score (nSPS) is 24.0. The average molecular weight is 471 g/mol. The first-order valence-electron chi connectivity index (χ1n) is 9.08. The van der Waals surface area contributed by atoms with Crippen molar-refractivity contribution in [1.82, 2.24) is 19.6 Å². The van der Waals surface area contributed by atoms with Gasteiger partial charge >= 0.3 is 10.3 Å². The number of benzene rings is 1. The monoisotopic (exact) mass is 470 g/mol. The van der Waals surface area contributed by atoms with Crippen LogP contribution in [-0.2, 0) is 25.8 Å². The molecule has 1 aliphatic heterocycles. The number of ether oxygens (including phenoxy) is 1. The van der Waals surface area contributed by atoms with Gasteiger partial charge in [0.1, 0.15) is 30.7 Å². The highest BCUT2D eigenvalue weighted by atomic mass is 35.5. The van der Waals surface area contributed by atoms with Gasteiger partial charge in [-0.3, -0.25) is 4.18 Å². The average Bonchev–Trinajstić information content (AvgIpc) is 3.27. The molecule has 1 aliphatic rings. The Hall–Kier alpha value is -2.39. The summed E-state index contributed by atoms with van der Waals surface area (Å²) in [6, 6.07) is 7.30. The van der Waals surface area contributed by atoms with Crippen LogP contribution in [0.25, 0.3) is 5.65 Å². The maximum atomic E-state index is 11.0. The lowest BCUT2D eigenvalue weighted by Gasteiger charge is -2.13. The lowest BCUT2D eigenvalue weighted by Crippen LogP contribution is -2.34. The minimum atomic E-state index is -4.22. The molecule has 166 valence electrons. The van der Waals surface area contributed by atoms with Gasteiger partial charge in [0.25, 0.3) is 0 Å². The van der Waals surface area contributed by atoms with E-state index in [1.807, 2.05) is 12.1 Å². The van der Waals surface area contributed by atoms with Crippen molar-refractivity contribution < 1.29 is 27.6 Å². The third kappa shape index (κ3) is 4.77. The Kier molecular flexibility index (Phi) is 6.07. The molecule has 14 heteroatoms. The molecule has 0 unspecified atom stereocenters. The van der Waals surface area contributed by atoms with E-state index in [0.717, 1.165) is 5.56 Å². The molecule has 0 spiro atoms. The number of halogens is 1. The Bertz CT molecular complexity index is 1170. The number of nitrogens with zero attached hydrogens (tertiary/aromatic N) is 4. The molecule has 1 fully saturated rings. The summed E-state index contributed by atoms with van der Waals surface area (Å²) in [6.45, 7) is -0.0949. The van der Waals surface area contributed by atoms with Crippen LogP contribution in [0, 0.1) is 0 Å². The van der Waals surface area contributed by atoms with Crippen molar-refractivity contribution in [3.8, 4) is 0 Å². The summed E-state index contributed by atoms with van der Waals surface area (Å²) in [4.78, 5) is 8.38. The summed E-state index contributed by atoms with van der Waals surface area (Å²) in [5.74, 6) is 0.397. The smallest absolute Gasteiger partial charge is 0.333 e. The number of fused-ring (bicyclic) bond motifs is 1. The number of aliphatic hydroxyl groups excluding tert-OH is 2. The third-order valence-electron chi connectivity index (χ3n) is 4.76. The molecule has 4 atom stereocenters. The van der Waals surface area contributed by atoms with Crippen molar-refractivity contribution in [3.63, 3.8) is 0 Å². The van der Waals surface area contributed by atoms with E-state index in [1.54, 1.807) is 12.1 Å². The van der Waals surface area contributed by atoms with Gasteiger partial charge < -0.3 is 20.3 Å². The minimum Gasteiger partial charge on any atom is -0.387 e. The molecule has 0 radical (unpaired) electrons. The highest BCUT2D eigenvalue weighted by molar-refractivity contribution is 7.84. The molecule has 5 N–H and O–H groups in total. The molecule has 1 saturated heterocycles. The Morgan fingerprint density at radius 1 is 1.23 bits per heavy atom. The fourth-order valence-corrected chi connectivity index (χ4v) is 3.69. The van der Waals surface area contributed by atoms with Crippen LogP contribution in [0.1, 0.15) is 17.2 Å². The first-order chi connectivity index (χ1) is 14.7. The molecule has 0 bridgehead atoms. The first-order valence-corrected chi connectivity index (χ1v) is 10.9. The topological polar surface area (TPSA) is 174 Å². The molecule has 12 nitrogen and oxygen atoms in total. The summed E-state index contributed by atoms with van der Waals surface area (Å²) < 4.78 is 33.5. The fourth-order valence-electron chi connectivity index (χ4n) is 3.24. The van der Waals surface area contributed by atoms with Crippen LogP contribution >= 0.6 is 11.6 Å². The molecule has 0 amide bonds. The molecule has 0 aliphatic carbocycles. The molecule has 1 aromatic carbocycles. The summed E-state index contributed by atoms with van der Waals surface area (Å²) in [5.41, 5.74) is 1.71. The quantitative estimate of drug-likeness (QED) is 0.361. The largest absolute Gasteiger partial charge is 0.387 e. The number of rotatable bonds is 7. The van der Waals surface area contributed by atoms with Gasteiger partial charge in [-0.05, 0) is 17.7 Å². The van der Waals surface area contributed by atoms with Gasteiger partial charge in [0.15, 0.2) is 5.65 Å². The van der Waals surface area contributed by atoms with Gasteiger partial charge in [0.05, 0.1) is 12.8 Å². The molecule has 3 aromatic rings. The van der Waals surface area contributed by atoms with E-state index in [0.29, 0.717) is 28.7 Å². The van der Waals surface area contributed by atoms with Crippen molar-refractivity contribution in [2.75, 3.05) is 11.9 Å². The zero-order valence-corrected chi connectivity index (χ0v) is 17.4. The zero-order chi connectivity index (χ0) is 22.2. The first kappa shape index (κ1) is 21.8. The molecule has 4 rings (SSSR count). The van der Waals surface area contributed by atoms with Crippen LogP contribution in [0.3, 0.4) is 0 Å². The van der Waals surface area contributed by atoms with Crippen molar-refractivity contribution in [2.24, 2.45) is 5.14 Å². The van der Waals surface area contributed by atoms with E-state index in [2.05, 4.69) is 24.6 Å². The zero-order valence-electron chi connectivity index (χ0n) is 15.9. The van der Waals surface area contributed by atoms with Crippen LogP contribution in [0.15, 0.2) is 36.8 Å². The van der Waals surface area contributed by atoms with E-state index in [9.17, 15) is 18.6 Å². The van der Waals surface area contributed by atoms with E-state index in [4.69, 9.17) is 21.5 Å². The second-order valence-corrected chi connectivity index (χ2v) is 8.52. The summed E-state index contributed by atoms with van der Waals surface area (Å²) in [7, 11) is -4.22. The summed E-state index contributed by atoms with van der Waals surface area (Å²) in [5, 5.41) is 33.4. The Morgan fingerprint density at radius 2 is 1.97 bits per heavy atom. The van der Waals surface area contributed by atoms with Gasteiger partial charge in [-0.15, -0.1) is 0 Å². The van der Waals surface area contributed by atoms with E-state index in [1.165, 1.54) is 17.0 Å². The summed E-state index contributed by atoms with van der Waals surface area (Å²) in [6.07, 6.45) is -2.13. The van der Waals surface area contributed by atoms with Crippen LogP contribution in [-0.4, -0.2) is 63.1 Å². The molecular weight excluding hydrogens is 452 g/mol. The van der Waals surface area contributed by atoms with Crippen LogP contribution in [0.5, 0.6) is 0 Å². The van der Waals surface area contributed by atoms with Crippen molar-refractivity contribution in [1.29, 1.82) is 0 Å². The van der Waals surface area contributed by atoms with Gasteiger partial charge in [-0.2, -0.15) is 18.0 Å². The van der Waals surface area contributed by atoms with Crippen LogP contribution < -0.4 is 10.5 Å². The molecular formula is C17H19ClN6O6S. The number of nitrogens with two attached hydrogens (primary N) is 1. The van der Waals surface area contributed by atoms with Gasteiger partial charge in [0, 0.05) is 17.1 Å². The molecule has 0 saturated carbocycles. The van der Waals surface area contributed by atoms with E-state index in [-0.39, 0.29) is 0 Å². The maximum Gasteiger partial charge on any atom is 0.333 e. The highest BCUT2D eigenvalue weighted by Gasteiger charge is 2.45. The predicted octanol–water partition coefficient (Wildman–Crippen LogP) is -0.228. The Balaban J connectivity index is 1.54. The predicted molar refractivity (Wildman–Crippen MR) is 108 cm³/mol. The second kappa shape index (κ2) is 8.63. The fraction of sp³-hybridized carbons (Fsp3) is 0.353. The number of hydrogen-bond donors (Lipinski definition) is 4.